The van der Waals surface area contributed by atoms with E-state index < -0.39 is 11.6 Å². The lowest BCUT2D eigenvalue weighted by Crippen LogP contribution is -2.31. The molecule has 0 N–H and O–H groups in total. The molecule has 1 atom stereocenters. The Morgan fingerprint density at radius 1 is 0.833 bits per heavy atom. The van der Waals surface area contributed by atoms with Gasteiger partial charge in [0.25, 0.3) is 0 Å². The first-order valence-corrected chi connectivity index (χ1v) is 13.1. The van der Waals surface area contributed by atoms with Crippen molar-refractivity contribution in [1.29, 1.82) is 0 Å². The second kappa shape index (κ2) is 11.8. The minimum absolute atomic E-state index is 0.0700. The molecule has 1 saturated heterocycles. The van der Waals surface area contributed by atoms with Gasteiger partial charge in [0.1, 0.15) is 18.6 Å². The molecule has 2 aromatic carbocycles. The lowest BCUT2D eigenvalue weighted by Gasteiger charge is -2.37. The summed E-state index contributed by atoms with van der Waals surface area (Å²) in [5, 5.41) is 0. The summed E-state index contributed by atoms with van der Waals surface area (Å²) in [6.45, 7) is 1.79. The molecule has 3 fully saturated rings. The van der Waals surface area contributed by atoms with Crippen LogP contribution in [0.15, 0.2) is 42.5 Å². The molecule has 194 valence electrons. The topological polar surface area (TPSA) is 57.3 Å². The van der Waals surface area contributed by atoms with E-state index >= 15 is 0 Å². The lowest BCUT2D eigenvalue weighted by molar-refractivity contribution is -0.140. The number of benzene rings is 2. The molecule has 5 nitrogen and oxygen atoms in total. The quantitative estimate of drug-likeness (QED) is 0.133. The van der Waals surface area contributed by atoms with Gasteiger partial charge in [-0.1, -0.05) is 18.2 Å². The van der Waals surface area contributed by atoms with Crippen molar-refractivity contribution in [3.8, 4) is 16.9 Å². The Hall–Kier alpha value is -2.35. The van der Waals surface area contributed by atoms with Crippen molar-refractivity contribution in [2.45, 2.75) is 63.6 Å². The molecule has 1 unspecified atom stereocenters. The highest BCUT2D eigenvalue weighted by Gasteiger charge is 2.34. The standard InChI is InChI=1S/C29H34F2O5/c30-27-14-9-23(15-28(27)31)21-7-12-25(13-8-21)36-29(32)22-3-1-19(2-4-22)20-5-10-24(11-6-20)35-18-33-16-26-17-34-26/h7-9,12-15,19-20,22,24,26H,1-6,10-11,16-18H2. The molecule has 0 radical (unpaired) electrons. The van der Waals surface area contributed by atoms with E-state index in [-0.39, 0.29) is 18.0 Å². The fraction of sp³-hybridized carbons (Fsp3) is 0.552. The second-order valence-electron chi connectivity index (χ2n) is 10.3. The van der Waals surface area contributed by atoms with Gasteiger partial charge in [-0.15, -0.1) is 0 Å². The maximum atomic E-state index is 13.5. The van der Waals surface area contributed by atoms with Gasteiger partial charge < -0.3 is 18.9 Å². The Bertz CT molecular complexity index is 1010. The predicted octanol–water partition coefficient (Wildman–Crippen LogP) is 6.29. The smallest absolute Gasteiger partial charge is 0.314 e. The summed E-state index contributed by atoms with van der Waals surface area (Å²) in [5.74, 6) is -0.145. The third kappa shape index (κ3) is 6.69. The van der Waals surface area contributed by atoms with Crippen LogP contribution in [0, 0.1) is 29.4 Å². The normalized spacial score (nSPS) is 28.0. The molecule has 0 spiro atoms. The number of hydrogen-bond acceptors (Lipinski definition) is 5. The lowest BCUT2D eigenvalue weighted by atomic mass is 9.70. The fourth-order valence-electron chi connectivity index (χ4n) is 5.63. The van der Waals surface area contributed by atoms with Crippen LogP contribution in [-0.4, -0.2) is 38.2 Å². The number of esters is 1. The van der Waals surface area contributed by atoms with E-state index in [0.29, 0.717) is 42.7 Å². The Morgan fingerprint density at radius 3 is 2.11 bits per heavy atom. The third-order valence-corrected chi connectivity index (χ3v) is 7.91. The van der Waals surface area contributed by atoms with Crippen LogP contribution in [0.25, 0.3) is 11.1 Å². The molecule has 5 rings (SSSR count). The first-order valence-electron chi connectivity index (χ1n) is 13.1. The highest BCUT2D eigenvalue weighted by Crippen LogP contribution is 2.41. The van der Waals surface area contributed by atoms with Gasteiger partial charge in [-0.3, -0.25) is 4.79 Å². The molecule has 2 saturated carbocycles. The molecule has 36 heavy (non-hydrogen) atoms. The molecular formula is C29H34F2O5. The van der Waals surface area contributed by atoms with Crippen molar-refractivity contribution >= 4 is 5.97 Å². The van der Waals surface area contributed by atoms with Crippen LogP contribution in [0.3, 0.4) is 0 Å². The van der Waals surface area contributed by atoms with E-state index in [0.717, 1.165) is 62.8 Å². The van der Waals surface area contributed by atoms with Crippen molar-refractivity contribution in [2.75, 3.05) is 20.0 Å². The van der Waals surface area contributed by atoms with Crippen molar-refractivity contribution in [1.82, 2.24) is 0 Å². The minimum Gasteiger partial charge on any atom is -0.426 e. The van der Waals surface area contributed by atoms with E-state index in [1.807, 2.05) is 0 Å². The Morgan fingerprint density at radius 2 is 1.47 bits per heavy atom. The molecule has 7 heteroatoms. The van der Waals surface area contributed by atoms with Crippen LogP contribution < -0.4 is 4.74 Å². The number of carbonyl (C=O) groups is 1. The summed E-state index contributed by atoms with van der Waals surface area (Å²) >= 11 is 0. The Labute approximate surface area is 211 Å². The number of carbonyl (C=O) groups excluding carboxylic acids is 1. The van der Waals surface area contributed by atoms with E-state index in [1.54, 1.807) is 24.3 Å². The molecule has 3 aliphatic rings. The molecular weight excluding hydrogens is 466 g/mol. The van der Waals surface area contributed by atoms with Crippen molar-refractivity contribution in [3.63, 3.8) is 0 Å². The van der Waals surface area contributed by atoms with Gasteiger partial charge in [0, 0.05) is 0 Å². The van der Waals surface area contributed by atoms with E-state index in [9.17, 15) is 13.6 Å². The minimum atomic E-state index is -0.885. The third-order valence-electron chi connectivity index (χ3n) is 7.91. The number of halogens is 2. The summed E-state index contributed by atoms with van der Waals surface area (Å²) in [7, 11) is 0. The maximum absolute atomic E-state index is 13.5. The maximum Gasteiger partial charge on any atom is 0.314 e. The van der Waals surface area contributed by atoms with E-state index in [4.69, 9.17) is 18.9 Å². The van der Waals surface area contributed by atoms with Gasteiger partial charge in [-0.2, -0.15) is 0 Å². The van der Waals surface area contributed by atoms with Crippen molar-refractivity contribution < 1.29 is 32.5 Å². The molecule has 2 aromatic rings. The Balaban J connectivity index is 1.02. The van der Waals surface area contributed by atoms with E-state index in [2.05, 4.69) is 0 Å². The Kier molecular flexibility index (Phi) is 8.29. The average Bonchev–Trinajstić information content (AvgIpc) is 3.74. The SMILES string of the molecule is O=C(Oc1ccc(-c2ccc(F)c(F)c2)cc1)C1CCC(C2CCC(OCOCC3CO3)CC2)CC1. The van der Waals surface area contributed by atoms with Crippen LogP contribution in [-0.2, 0) is 19.0 Å². The number of ether oxygens (including phenoxy) is 4. The molecule has 2 aliphatic carbocycles. The highest BCUT2D eigenvalue weighted by atomic mass is 19.2. The number of rotatable bonds is 9. The second-order valence-corrected chi connectivity index (χ2v) is 10.3. The summed E-state index contributed by atoms with van der Waals surface area (Å²) in [6, 6.07) is 10.7. The van der Waals surface area contributed by atoms with Gasteiger partial charge in [-0.25, -0.2) is 8.78 Å². The number of epoxide rings is 1. The van der Waals surface area contributed by atoms with Gasteiger partial charge in [0.2, 0.25) is 0 Å². The first-order chi connectivity index (χ1) is 17.5. The molecule has 0 amide bonds. The van der Waals surface area contributed by atoms with Crippen molar-refractivity contribution in [2.24, 2.45) is 17.8 Å². The van der Waals surface area contributed by atoms with Gasteiger partial charge in [0.15, 0.2) is 11.6 Å². The zero-order chi connectivity index (χ0) is 24.9. The van der Waals surface area contributed by atoms with Gasteiger partial charge in [0.05, 0.1) is 25.2 Å². The number of hydrogen-bond donors (Lipinski definition) is 0. The zero-order valence-electron chi connectivity index (χ0n) is 20.5. The zero-order valence-corrected chi connectivity index (χ0v) is 20.5. The van der Waals surface area contributed by atoms with Gasteiger partial charge in [-0.05, 0) is 98.6 Å². The highest BCUT2D eigenvalue weighted by molar-refractivity contribution is 5.75. The van der Waals surface area contributed by atoms with Crippen LogP contribution in [0.5, 0.6) is 5.75 Å². The molecule has 1 aliphatic heterocycles. The summed E-state index contributed by atoms with van der Waals surface area (Å²) in [5.41, 5.74) is 1.30. The summed E-state index contributed by atoms with van der Waals surface area (Å²) in [4.78, 5) is 12.8. The van der Waals surface area contributed by atoms with Crippen LogP contribution >= 0.6 is 0 Å². The van der Waals surface area contributed by atoms with E-state index in [1.165, 1.54) is 18.9 Å². The first kappa shape index (κ1) is 25.3. The molecule has 0 bridgehead atoms. The fourth-order valence-corrected chi connectivity index (χ4v) is 5.63. The van der Waals surface area contributed by atoms with Gasteiger partial charge >= 0.3 is 5.97 Å². The summed E-state index contributed by atoms with van der Waals surface area (Å²) in [6.07, 6.45) is 8.95. The predicted molar refractivity (Wildman–Crippen MR) is 130 cm³/mol. The van der Waals surface area contributed by atoms with Crippen LogP contribution in [0.1, 0.15) is 51.4 Å². The molecule has 1 heterocycles. The largest absolute Gasteiger partial charge is 0.426 e. The molecule has 0 aromatic heterocycles. The monoisotopic (exact) mass is 500 g/mol. The average molecular weight is 501 g/mol. The van der Waals surface area contributed by atoms with Crippen LogP contribution in [0.4, 0.5) is 8.78 Å². The van der Waals surface area contributed by atoms with Crippen LogP contribution in [0.2, 0.25) is 0 Å². The van der Waals surface area contributed by atoms with Crippen molar-refractivity contribution in [3.05, 3.63) is 54.1 Å². The summed E-state index contributed by atoms with van der Waals surface area (Å²) < 4.78 is 48.8.